The zero-order valence-electron chi connectivity index (χ0n) is 12.1. The SMILES string of the molecule is Cc1cc(S(=O)(=O)N2C[C@H]3CNC[C@H]3C2)c(C)cc1Br.Cl. The van der Waals surface area contributed by atoms with Crippen LogP contribution in [0.2, 0.25) is 0 Å². The van der Waals surface area contributed by atoms with Crippen LogP contribution in [-0.4, -0.2) is 38.9 Å². The molecule has 0 bridgehead atoms. The summed E-state index contributed by atoms with van der Waals surface area (Å²) in [6.45, 7) is 6.95. The number of hydrogen-bond donors (Lipinski definition) is 1. The summed E-state index contributed by atoms with van der Waals surface area (Å²) in [5.41, 5.74) is 1.76. The number of fused-ring (bicyclic) bond motifs is 1. The van der Waals surface area contributed by atoms with Crippen LogP contribution in [0.15, 0.2) is 21.5 Å². The molecule has 0 unspecified atom stereocenters. The molecule has 118 valence electrons. The summed E-state index contributed by atoms with van der Waals surface area (Å²) in [6.07, 6.45) is 0. The number of rotatable bonds is 2. The lowest BCUT2D eigenvalue weighted by atomic mass is 10.0. The Morgan fingerprint density at radius 3 is 2.29 bits per heavy atom. The maximum absolute atomic E-state index is 12.8. The van der Waals surface area contributed by atoms with E-state index in [9.17, 15) is 8.42 Å². The molecule has 2 heterocycles. The minimum absolute atomic E-state index is 0. The highest BCUT2D eigenvalue weighted by Crippen LogP contribution is 2.33. The van der Waals surface area contributed by atoms with Gasteiger partial charge in [-0.3, -0.25) is 0 Å². The third-order valence-corrected chi connectivity index (χ3v) is 7.26. The van der Waals surface area contributed by atoms with Crippen molar-refractivity contribution in [2.24, 2.45) is 11.8 Å². The molecule has 2 saturated heterocycles. The first kappa shape index (κ1) is 17.2. The third-order valence-electron chi connectivity index (χ3n) is 4.43. The van der Waals surface area contributed by atoms with Crippen molar-refractivity contribution in [2.45, 2.75) is 18.7 Å². The molecule has 21 heavy (non-hydrogen) atoms. The van der Waals surface area contributed by atoms with Gasteiger partial charge in [0.25, 0.3) is 0 Å². The van der Waals surface area contributed by atoms with E-state index in [1.165, 1.54) is 0 Å². The van der Waals surface area contributed by atoms with E-state index in [0.717, 1.165) is 28.7 Å². The number of nitrogens with one attached hydrogen (secondary N) is 1. The molecule has 3 rings (SSSR count). The van der Waals surface area contributed by atoms with Crippen molar-refractivity contribution < 1.29 is 8.42 Å². The fourth-order valence-corrected chi connectivity index (χ4v) is 5.48. The van der Waals surface area contributed by atoms with E-state index in [0.29, 0.717) is 29.8 Å². The van der Waals surface area contributed by atoms with E-state index >= 15 is 0 Å². The molecule has 0 amide bonds. The van der Waals surface area contributed by atoms with Gasteiger partial charge in [0.2, 0.25) is 10.0 Å². The average molecular weight is 396 g/mol. The lowest BCUT2D eigenvalue weighted by Crippen LogP contribution is -2.32. The maximum atomic E-state index is 12.8. The number of aryl methyl sites for hydroxylation is 2. The second-order valence-corrected chi connectivity index (χ2v) is 8.63. The van der Waals surface area contributed by atoms with Gasteiger partial charge in [-0.15, -0.1) is 12.4 Å². The van der Waals surface area contributed by atoms with Gasteiger partial charge < -0.3 is 5.32 Å². The summed E-state index contributed by atoms with van der Waals surface area (Å²) in [7, 11) is -3.37. The zero-order chi connectivity index (χ0) is 14.5. The second kappa shape index (κ2) is 6.16. The highest BCUT2D eigenvalue weighted by Gasteiger charge is 2.41. The Labute approximate surface area is 140 Å². The number of sulfonamides is 1. The van der Waals surface area contributed by atoms with Crippen molar-refractivity contribution in [3.05, 3.63) is 27.7 Å². The van der Waals surface area contributed by atoms with E-state index in [1.807, 2.05) is 19.9 Å². The summed E-state index contributed by atoms with van der Waals surface area (Å²) < 4.78 is 28.3. The van der Waals surface area contributed by atoms with Crippen molar-refractivity contribution in [1.29, 1.82) is 0 Å². The molecule has 1 aromatic carbocycles. The van der Waals surface area contributed by atoms with Crippen molar-refractivity contribution in [3.8, 4) is 0 Å². The average Bonchev–Trinajstić information content (AvgIpc) is 2.94. The fourth-order valence-electron chi connectivity index (χ4n) is 3.18. The Kier molecular flexibility index (Phi) is 5.05. The van der Waals surface area contributed by atoms with Crippen LogP contribution in [-0.2, 0) is 10.0 Å². The van der Waals surface area contributed by atoms with Gasteiger partial charge in [0, 0.05) is 17.6 Å². The first-order valence-electron chi connectivity index (χ1n) is 6.87. The first-order chi connectivity index (χ1) is 9.39. The van der Waals surface area contributed by atoms with Gasteiger partial charge in [0.05, 0.1) is 4.90 Å². The predicted octanol–water partition coefficient (Wildman–Crippen LogP) is 2.33. The Morgan fingerprint density at radius 1 is 1.14 bits per heavy atom. The monoisotopic (exact) mass is 394 g/mol. The summed E-state index contributed by atoms with van der Waals surface area (Å²) in [4.78, 5) is 0.450. The summed E-state index contributed by atoms with van der Waals surface area (Å²) >= 11 is 3.45. The quantitative estimate of drug-likeness (QED) is 0.836. The van der Waals surface area contributed by atoms with Gasteiger partial charge >= 0.3 is 0 Å². The Bertz CT molecular complexity index is 639. The van der Waals surface area contributed by atoms with Crippen molar-refractivity contribution in [3.63, 3.8) is 0 Å². The second-order valence-electron chi connectivity index (χ2n) is 5.87. The molecule has 2 fully saturated rings. The zero-order valence-corrected chi connectivity index (χ0v) is 15.3. The van der Waals surface area contributed by atoms with E-state index in [2.05, 4.69) is 21.2 Å². The fraction of sp³-hybridized carbons (Fsp3) is 0.571. The molecular formula is C14H20BrClN2O2S. The Morgan fingerprint density at radius 2 is 1.71 bits per heavy atom. The van der Waals surface area contributed by atoms with Crippen LogP contribution in [0.4, 0.5) is 0 Å². The Hall–Kier alpha value is -0.140. The highest BCUT2D eigenvalue weighted by atomic mass is 79.9. The molecule has 0 radical (unpaired) electrons. The number of benzene rings is 1. The molecule has 0 spiro atoms. The standard InChI is InChI=1S/C14H19BrN2O2S.ClH/c1-9-4-14(10(2)3-13(9)15)20(18,19)17-7-11-5-16-6-12(11)8-17;/h3-4,11-12,16H,5-8H2,1-2H3;1H/t11-,12+;. The summed E-state index contributed by atoms with van der Waals surface area (Å²) in [5, 5.41) is 3.34. The molecule has 1 N–H and O–H groups in total. The predicted molar refractivity (Wildman–Crippen MR) is 89.5 cm³/mol. The van der Waals surface area contributed by atoms with Crippen molar-refractivity contribution in [1.82, 2.24) is 9.62 Å². The Balaban J connectivity index is 0.00000161. The normalized spacial score (nSPS) is 25.7. The highest BCUT2D eigenvalue weighted by molar-refractivity contribution is 9.10. The molecule has 2 atom stereocenters. The molecule has 7 heteroatoms. The van der Waals surface area contributed by atoms with Gasteiger partial charge in [-0.2, -0.15) is 4.31 Å². The third kappa shape index (κ3) is 3.01. The smallest absolute Gasteiger partial charge is 0.243 e. The lowest BCUT2D eigenvalue weighted by molar-refractivity contribution is 0.447. The molecule has 0 saturated carbocycles. The number of halogens is 2. The molecule has 4 nitrogen and oxygen atoms in total. The van der Waals surface area contributed by atoms with Gasteiger partial charge in [0.1, 0.15) is 0 Å². The van der Waals surface area contributed by atoms with Crippen molar-refractivity contribution in [2.75, 3.05) is 26.2 Å². The van der Waals surface area contributed by atoms with Crippen LogP contribution in [0, 0.1) is 25.7 Å². The largest absolute Gasteiger partial charge is 0.316 e. The summed E-state index contributed by atoms with van der Waals surface area (Å²) in [5.74, 6) is 0.947. The van der Waals surface area contributed by atoms with Gasteiger partial charge in [-0.25, -0.2) is 8.42 Å². The van der Waals surface area contributed by atoms with Crippen LogP contribution in [0.5, 0.6) is 0 Å². The molecule has 0 aliphatic carbocycles. The first-order valence-corrected chi connectivity index (χ1v) is 9.10. The van der Waals surface area contributed by atoms with Crippen molar-refractivity contribution >= 4 is 38.4 Å². The van der Waals surface area contributed by atoms with Crippen LogP contribution in [0.3, 0.4) is 0 Å². The van der Waals surface area contributed by atoms with Crippen LogP contribution in [0.1, 0.15) is 11.1 Å². The molecule has 2 aliphatic rings. The van der Waals surface area contributed by atoms with Gasteiger partial charge in [0.15, 0.2) is 0 Å². The van der Waals surface area contributed by atoms with Crippen LogP contribution >= 0.6 is 28.3 Å². The van der Waals surface area contributed by atoms with E-state index in [4.69, 9.17) is 0 Å². The van der Waals surface area contributed by atoms with E-state index in [1.54, 1.807) is 10.4 Å². The molecule has 1 aromatic rings. The van der Waals surface area contributed by atoms with Gasteiger partial charge in [-0.05, 0) is 62.0 Å². The number of nitrogens with zero attached hydrogens (tertiary/aromatic N) is 1. The minimum Gasteiger partial charge on any atom is -0.316 e. The topological polar surface area (TPSA) is 49.4 Å². The number of hydrogen-bond acceptors (Lipinski definition) is 3. The molecule has 2 aliphatic heterocycles. The van der Waals surface area contributed by atoms with Gasteiger partial charge in [-0.1, -0.05) is 15.9 Å². The minimum atomic E-state index is -3.37. The van der Waals surface area contributed by atoms with E-state index < -0.39 is 10.0 Å². The van der Waals surface area contributed by atoms with Crippen LogP contribution < -0.4 is 5.32 Å². The summed E-state index contributed by atoms with van der Waals surface area (Å²) in [6, 6.07) is 3.67. The lowest BCUT2D eigenvalue weighted by Gasteiger charge is -2.19. The van der Waals surface area contributed by atoms with Crippen LogP contribution in [0.25, 0.3) is 0 Å². The molecule has 0 aromatic heterocycles. The van der Waals surface area contributed by atoms with E-state index in [-0.39, 0.29) is 12.4 Å². The maximum Gasteiger partial charge on any atom is 0.243 e. The molecular weight excluding hydrogens is 376 g/mol.